The highest BCUT2D eigenvalue weighted by Crippen LogP contribution is 2.27. The molecule has 1 aromatic heterocycles. The Kier molecular flexibility index (Phi) is 3.57. The molecule has 1 aromatic carbocycles. The van der Waals surface area contributed by atoms with Gasteiger partial charge in [-0.1, -0.05) is 19.1 Å². The number of nitro groups is 1. The first-order valence-corrected chi connectivity index (χ1v) is 5.71. The highest BCUT2D eigenvalue weighted by molar-refractivity contribution is 5.61. The number of benzene rings is 1. The Morgan fingerprint density at radius 2 is 2.28 bits per heavy atom. The van der Waals surface area contributed by atoms with Gasteiger partial charge in [-0.15, -0.1) is 0 Å². The fraction of sp³-hybridized carbons (Fsp3) is 0.250. The van der Waals surface area contributed by atoms with Gasteiger partial charge in [0.05, 0.1) is 11.0 Å². The van der Waals surface area contributed by atoms with E-state index in [9.17, 15) is 10.1 Å². The van der Waals surface area contributed by atoms with Gasteiger partial charge in [-0.05, 0) is 12.5 Å². The Balaban J connectivity index is 2.25. The molecule has 1 unspecified atom stereocenters. The molecule has 0 saturated heterocycles. The minimum Gasteiger partial charge on any atom is -0.370 e. The summed E-state index contributed by atoms with van der Waals surface area (Å²) in [5, 5.41) is 14.1. The van der Waals surface area contributed by atoms with Crippen LogP contribution in [0.3, 0.4) is 0 Å². The molecule has 0 amide bonds. The molecule has 0 fully saturated rings. The molecule has 2 rings (SSSR count). The molecule has 0 radical (unpaired) electrons. The van der Waals surface area contributed by atoms with Gasteiger partial charge in [-0.3, -0.25) is 10.1 Å². The third kappa shape index (κ3) is 2.48. The minimum atomic E-state index is -0.392. The number of nitro benzene ring substituents is 1. The standard InChI is InChI=1S/C12H14N4O2/c1-2-9(12-13-7-8-14-12)15-10-5-3-4-6-11(10)16(17)18/h3-9,15H,2H2,1H3,(H,13,14). The number of aromatic amines is 1. The van der Waals surface area contributed by atoms with Crippen molar-refractivity contribution in [2.24, 2.45) is 0 Å². The van der Waals surface area contributed by atoms with Crippen LogP contribution < -0.4 is 5.32 Å². The summed E-state index contributed by atoms with van der Waals surface area (Å²) in [6, 6.07) is 6.53. The summed E-state index contributed by atoms with van der Waals surface area (Å²) in [7, 11) is 0. The molecular weight excluding hydrogens is 232 g/mol. The number of nitrogens with zero attached hydrogens (tertiary/aromatic N) is 2. The maximum Gasteiger partial charge on any atom is 0.292 e. The van der Waals surface area contributed by atoms with Gasteiger partial charge in [-0.25, -0.2) is 4.98 Å². The Bertz CT molecular complexity index is 525. The van der Waals surface area contributed by atoms with Crippen LogP contribution in [0.25, 0.3) is 0 Å². The molecule has 2 N–H and O–H groups in total. The van der Waals surface area contributed by atoms with Crippen molar-refractivity contribution in [3.63, 3.8) is 0 Å². The topological polar surface area (TPSA) is 83.8 Å². The van der Waals surface area contributed by atoms with Crippen molar-refractivity contribution in [2.45, 2.75) is 19.4 Å². The molecule has 1 heterocycles. The Hall–Kier alpha value is -2.37. The quantitative estimate of drug-likeness (QED) is 0.627. The van der Waals surface area contributed by atoms with Crippen LogP contribution in [0.1, 0.15) is 25.2 Å². The average molecular weight is 246 g/mol. The highest BCUT2D eigenvalue weighted by Gasteiger charge is 2.17. The van der Waals surface area contributed by atoms with E-state index >= 15 is 0 Å². The number of anilines is 1. The lowest BCUT2D eigenvalue weighted by molar-refractivity contribution is -0.384. The van der Waals surface area contributed by atoms with E-state index in [4.69, 9.17) is 0 Å². The molecule has 94 valence electrons. The summed E-state index contributed by atoms with van der Waals surface area (Å²) < 4.78 is 0. The Morgan fingerprint density at radius 1 is 1.50 bits per heavy atom. The zero-order valence-electron chi connectivity index (χ0n) is 9.96. The normalized spacial score (nSPS) is 12.1. The van der Waals surface area contributed by atoms with E-state index in [0.717, 1.165) is 12.2 Å². The molecule has 0 spiro atoms. The summed E-state index contributed by atoms with van der Waals surface area (Å²) in [5.74, 6) is 0.774. The molecule has 0 bridgehead atoms. The third-order valence-electron chi connectivity index (χ3n) is 2.69. The predicted octanol–water partition coefficient (Wildman–Crippen LogP) is 2.88. The van der Waals surface area contributed by atoms with Gasteiger partial charge >= 0.3 is 0 Å². The van der Waals surface area contributed by atoms with Crippen molar-refractivity contribution in [3.05, 3.63) is 52.6 Å². The molecule has 1 atom stereocenters. The summed E-state index contributed by atoms with van der Waals surface area (Å²) in [5.41, 5.74) is 0.577. The van der Waals surface area contributed by atoms with Gasteiger partial charge in [0.2, 0.25) is 0 Å². The molecule has 0 saturated carbocycles. The van der Waals surface area contributed by atoms with E-state index in [-0.39, 0.29) is 11.7 Å². The van der Waals surface area contributed by atoms with Gasteiger partial charge in [0.15, 0.2) is 0 Å². The smallest absolute Gasteiger partial charge is 0.292 e. The first-order chi connectivity index (χ1) is 8.72. The van der Waals surface area contributed by atoms with Crippen molar-refractivity contribution < 1.29 is 4.92 Å². The fourth-order valence-electron chi connectivity index (χ4n) is 1.77. The van der Waals surface area contributed by atoms with Gasteiger partial charge in [-0.2, -0.15) is 0 Å². The maximum absolute atomic E-state index is 10.9. The van der Waals surface area contributed by atoms with Crippen LogP contribution in [0.4, 0.5) is 11.4 Å². The van der Waals surface area contributed by atoms with Crippen LogP contribution in [0.2, 0.25) is 0 Å². The number of imidazole rings is 1. The van der Waals surface area contributed by atoms with Crippen molar-refractivity contribution in [2.75, 3.05) is 5.32 Å². The molecule has 6 heteroatoms. The molecule has 6 nitrogen and oxygen atoms in total. The van der Waals surface area contributed by atoms with E-state index in [1.165, 1.54) is 6.07 Å². The van der Waals surface area contributed by atoms with Gasteiger partial charge < -0.3 is 10.3 Å². The molecule has 0 aliphatic carbocycles. The summed E-state index contributed by atoms with van der Waals surface area (Å²) in [6.07, 6.45) is 4.18. The third-order valence-corrected chi connectivity index (χ3v) is 2.69. The zero-order chi connectivity index (χ0) is 13.0. The van der Waals surface area contributed by atoms with Crippen LogP contribution in [-0.4, -0.2) is 14.9 Å². The Morgan fingerprint density at radius 3 is 2.89 bits per heavy atom. The number of hydrogen-bond donors (Lipinski definition) is 2. The SMILES string of the molecule is CCC(Nc1ccccc1[N+](=O)[O-])c1ncc[nH]1. The lowest BCUT2D eigenvalue weighted by Gasteiger charge is -2.15. The number of H-pyrrole nitrogens is 1. The highest BCUT2D eigenvalue weighted by atomic mass is 16.6. The monoisotopic (exact) mass is 246 g/mol. The Labute approximate surface area is 104 Å². The average Bonchev–Trinajstić information content (AvgIpc) is 2.90. The van der Waals surface area contributed by atoms with Crippen LogP contribution >= 0.6 is 0 Å². The van der Waals surface area contributed by atoms with Gasteiger partial charge in [0.25, 0.3) is 5.69 Å². The number of rotatable bonds is 5. The lowest BCUT2D eigenvalue weighted by Crippen LogP contribution is -2.12. The van der Waals surface area contributed by atoms with Gasteiger partial charge in [0.1, 0.15) is 11.5 Å². The fourth-order valence-corrected chi connectivity index (χ4v) is 1.77. The van der Waals surface area contributed by atoms with Crippen LogP contribution in [0.5, 0.6) is 0 Å². The van der Waals surface area contributed by atoms with E-state index in [2.05, 4.69) is 15.3 Å². The minimum absolute atomic E-state index is 0.0684. The van der Waals surface area contributed by atoms with Crippen molar-refractivity contribution in [1.29, 1.82) is 0 Å². The molecule has 18 heavy (non-hydrogen) atoms. The van der Waals surface area contributed by atoms with E-state index in [1.54, 1.807) is 30.6 Å². The second kappa shape index (κ2) is 5.31. The molecule has 2 aromatic rings. The number of para-hydroxylation sites is 2. The summed E-state index contributed by atoms with van der Waals surface area (Å²) in [4.78, 5) is 17.7. The summed E-state index contributed by atoms with van der Waals surface area (Å²) in [6.45, 7) is 2.00. The second-order valence-electron chi connectivity index (χ2n) is 3.85. The van der Waals surface area contributed by atoms with Crippen LogP contribution in [-0.2, 0) is 0 Å². The van der Waals surface area contributed by atoms with Crippen molar-refractivity contribution in [1.82, 2.24) is 9.97 Å². The zero-order valence-corrected chi connectivity index (χ0v) is 9.96. The van der Waals surface area contributed by atoms with Crippen molar-refractivity contribution in [3.8, 4) is 0 Å². The first-order valence-electron chi connectivity index (χ1n) is 5.71. The molecule has 0 aliphatic rings. The predicted molar refractivity (Wildman–Crippen MR) is 68.3 cm³/mol. The number of hydrogen-bond acceptors (Lipinski definition) is 4. The molecular formula is C12H14N4O2. The molecule has 0 aliphatic heterocycles. The van der Waals surface area contributed by atoms with E-state index < -0.39 is 4.92 Å². The van der Waals surface area contributed by atoms with Crippen LogP contribution in [0.15, 0.2) is 36.7 Å². The second-order valence-corrected chi connectivity index (χ2v) is 3.85. The maximum atomic E-state index is 10.9. The largest absolute Gasteiger partial charge is 0.370 e. The van der Waals surface area contributed by atoms with Gasteiger partial charge in [0, 0.05) is 18.5 Å². The lowest BCUT2D eigenvalue weighted by atomic mass is 10.2. The first kappa shape index (κ1) is 12.1. The van der Waals surface area contributed by atoms with Crippen LogP contribution in [0, 0.1) is 10.1 Å². The van der Waals surface area contributed by atoms with Crippen molar-refractivity contribution >= 4 is 11.4 Å². The summed E-state index contributed by atoms with van der Waals surface area (Å²) >= 11 is 0. The van der Waals surface area contributed by atoms with E-state index in [1.807, 2.05) is 6.92 Å². The number of nitrogens with one attached hydrogen (secondary N) is 2. The van der Waals surface area contributed by atoms with E-state index in [0.29, 0.717) is 5.69 Å². The number of aromatic nitrogens is 2.